The van der Waals surface area contributed by atoms with Gasteiger partial charge in [-0.25, -0.2) is 17.9 Å². The van der Waals surface area contributed by atoms with E-state index in [1.165, 1.54) is 11.4 Å². The van der Waals surface area contributed by atoms with Gasteiger partial charge in [0.05, 0.1) is 4.90 Å². The van der Waals surface area contributed by atoms with Gasteiger partial charge >= 0.3 is 5.97 Å². The number of sulfonamides is 1. The molecule has 0 unspecified atom stereocenters. The molecule has 1 fully saturated rings. The number of carbonyl (C=O) groups is 1. The molecule has 0 atom stereocenters. The van der Waals surface area contributed by atoms with Gasteiger partial charge in [0, 0.05) is 24.1 Å². The molecule has 0 aromatic carbocycles. The fraction of sp³-hybridized carbons (Fsp3) is 0.545. The number of aromatic carboxylic acids is 1. The van der Waals surface area contributed by atoms with E-state index in [-0.39, 0.29) is 9.77 Å². The minimum absolute atomic E-state index is 0.00242. The van der Waals surface area contributed by atoms with Crippen molar-refractivity contribution in [3.8, 4) is 0 Å². The summed E-state index contributed by atoms with van der Waals surface area (Å²) in [4.78, 5) is 10.8. The smallest absolute Gasteiger partial charge is 0.345 e. The first kappa shape index (κ1) is 14.4. The van der Waals surface area contributed by atoms with E-state index in [1.807, 2.05) is 6.92 Å². The molecule has 2 N–H and O–H groups in total. The molecular formula is C11H15NO5S2. The largest absolute Gasteiger partial charge is 0.477 e. The predicted molar refractivity (Wildman–Crippen MR) is 70.1 cm³/mol. The van der Waals surface area contributed by atoms with Crippen molar-refractivity contribution in [3.05, 3.63) is 16.3 Å². The van der Waals surface area contributed by atoms with E-state index in [1.54, 1.807) is 0 Å². The second-order valence-corrected chi connectivity index (χ2v) is 7.32. The zero-order chi connectivity index (χ0) is 14.1. The van der Waals surface area contributed by atoms with Crippen LogP contribution in [0.3, 0.4) is 0 Å². The first-order valence-electron chi connectivity index (χ1n) is 5.76. The third kappa shape index (κ3) is 3.33. The highest BCUT2D eigenvalue weighted by molar-refractivity contribution is 7.89. The maximum Gasteiger partial charge on any atom is 0.345 e. The molecule has 2 rings (SSSR count). The van der Waals surface area contributed by atoms with Gasteiger partial charge in [0.1, 0.15) is 4.88 Å². The maximum absolute atomic E-state index is 12.2. The summed E-state index contributed by atoms with van der Waals surface area (Å²) in [7, 11) is -3.69. The molecule has 0 bridgehead atoms. The van der Waals surface area contributed by atoms with Crippen molar-refractivity contribution in [2.24, 2.45) is 0 Å². The molecule has 19 heavy (non-hydrogen) atoms. The van der Waals surface area contributed by atoms with Gasteiger partial charge in [-0.05, 0) is 25.8 Å². The summed E-state index contributed by atoms with van der Waals surface area (Å²) in [6, 6.07) is 1.18. The molecule has 1 aliphatic heterocycles. The highest BCUT2D eigenvalue weighted by atomic mass is 32.2. The van der Waals surface area contributed by atoms with E-state index in [0.717, 1.165) is 11.3 Å². The van der Waals surface area contributed by atoms with Crippen LogP contribution < -0.4 is 4.72 Å². The Balaban J connectivity index is 2.19. The molecule has 0 amide bonds. The zero-order valence-electron chi connectivity index (χ0n) is 10.4. The van der Waals surface area contributed by atoms with Crippen molar-refractivity contribution >= 4 is 27.3 Å². The van der Waals surface area contributed by atoms with Crippen molar-refractivity contribution in [1.29, 1.82) is 0 Å². The average Bonchev–Trinajstić information content (AvgIpc) is 2.78. The standard InChI is InChI=1S/C11H15NO5S2/c1-11(2-4-17-5-3-11)12-19(15,16)8-6-9(10(13)14)18-7-8/h6-7,12H,2-5H2,1H3,(H,13,14). The highest BCUT2D eigenvalue weighted by Crippen LogP contribution is 2.25. The van der Waals surface area contributed by atoms with E-state index in [9.17, 15) is 13.2 Å². The summed E-state index contributed by atoms with van der Waals surface area (Å²) in [5, 5.41) is 10.2. The quantitative estimate of drug-likeness (QED) is 0.874. The molecule has 0 radical (unpaired) electrons. The van der Waals surface area contributed by atoms with Gasteiger partial charge < -0.3 is 9.84 Å². The summed E-state index contributed by atoms with van der Waals surface area (Å²) in [5.41, 5.74) is -0.539. The van der Waals surface area contributed by atoms with Crippen LogP contribution in [-0.4, -0.2) is 38.2 Å². The molecule has 0 aliphatic carbocycles. The number of carboxylic acid groups (broad SMARTS) is 1. The van der Waals surface area contributed by atoms with Crippen molar-refractivity contribution in [2.45, 2.75) is 30.2 Å². The minimum atomic E-state index is -3.69. The van der Waals surface area contributed by atoms with Crippen LogP contribution in [0.15, 0.2) is 16.3 Å². The Hall–Kier alpha value is -0.960. The molecule has 0 spiro atoms. The van der Waals surface area contributed by atoms with Crippen molar-refractivity contribution in [1.82, 2.24) is 4.72 Å². The number of hydrogen-bond donors (Lipinski definition) is 2. The van der Waals surface area contributed by atoms with Gasteiger partial charge in [0.25, 0.3) is 0 Å². The van der Waals surface area contributed by atoms with E-state index in [0.29, 0.717) is 26.1 Å². The van der Waals surface area contributed by atoms with Crippen molar-refractivity contribution < 1.29 is 23.1 Å². The SMILES string of the molecule is CC1(NS(=O)(=O)c2csc(C(=O)O)c2)CCOCC1. The van der Waals surface area contributed by atoms with Gasteiger partial charge in [-0.3, -0.25) is 0 Å². The van der Waals surface area contributed by atoms with Crippen molar-refractivity contribution in [2.75, 3.05) is 13.2 Å². The highest BCUT2D eigenvalue weighted by Gasteiger charge is 2.33. The number of nitrogens with one attached hydrogen (secondary N) is 1. The minimum Gasteiger partial charge on any atom is -0.477 e. The lowest BCUT2D eigenvalue weighted by atomic mass is 9.94. The lowest BCUT2D eigenvalue weighted by Gasteiger charge is -2.33. The number of thiophene rings is 1. The van der Waals surface area contributed by atoms with Gasteiger partial charge in [-0.2, -0.15) is 0 Å². The molecule has 1 aromatic heterocycles. The second-order valence-electron chi connectivity index (χ2n) is 4.73. The Labute approximate surface area is 115 Å². The Morgan fingerprint density at radius 3 is 2.63 bits per heavy atom. The fourth-order valence-corrected chi connectivity index (χ4v) is 4.46. The molecular weight excluding hydrogens is 290 g/mol. The van der Waals surface area contributed by atoms with Crippen LogP contribution in [0.2, 0.25) is 0 Å². The second kappa shape index (κ2) is 5.20. The monoisotopic (exact) mass is 305 g/mol. The lowest BCUT2D eigenvalue weighted by Crippen LogP contribution is -2.49. The van der Waals surface area contributed by atoms with Gasteiger partial charge in [0.2, 0.25) is 10.0 Å². The van der Waals surface area contributed by atoms with Crippen LogP contribution in [0, 0.1) is 0 Å². The first-order chi connectivity index (χ1) is 8.82. The summed E-state index contributed by atoms with van der Waals surface area (Å²) in [6.45, 7) is 2.86. The molecule has 106 valence electrons. The Morgan fingerprint density at radius 2 is 2.11 bits per heavy atom. The van der Waals surface area contributed by atoms with E-state index in [4.69, 9.17) is 9.84 Å². The van der Waals surface area contributed by atoms with Gasteiger partial charge in [-0.1, -0.05) is 0 Å². The lowest BCUT2D eigenvalue weighted by molar-refractivity contribution is 0.0537. The molecule has 1 aromatic rings. The summed E-state index contributed by atoms with van der Waals surface area (Å²) in [5.74, 6) is -1.12. The first-order valence-corrected chi connectivity index (χ1v) is 8.12. The van der Waals surface area contributed by atoms with Crippen LogP contribution in [0.25, 0.3) is 0 Å². The summed E-state index contributed by atoms with van der Waals surface area (Å²) in [6.07, 6.45) is 1.20. The zero-order valence-corrected chi connectivity index (χ0v) is 12.0. The summed E-state index contributed by atoms with van der Waals surface area (Å²) >= 11 is 0.902. The Kier molecular flexibility index (Phi) is 3.95. The third-order valence-electron chi connectivity index (χ3n) is 3.07. The van der Waals surface area contributed by atoms with Crippen LogP contribution in [0.4, 0.5) is 0 Å². The third-order valence-corrected chi connectivity index (χ3v) is 5.76. The molecule has 1 aliphatic rings. The van der Waals surface area contributed by atoms with Crippen LogP contribution in [-0.2, 0) is 14.8 Å². The van der Waals surface area contributed by atoms with Crippen molar-refractivity contribution in [3.63, 3.8) is 0 Å². The Morgan fingerprint density at radius 1 is 1.47 bits per heavy atom. The molecule has 2 heterocycles. The van der Waals surface area contributed by atoms with Crippen LogP contribution >= 0.6 is 11.3 Å². The molecule has 1 saturated heterocycles. The fourth-order valence-electron chi connectivity index (χ4n) is 1.88. The van der Waals surface area contributed by atoms with E-state index < -0.39 is 21.5 Å². The number of ether oxygens (including phenoxy) is 1. The maximum atomic E-state index is 12.2. The average molecular weight is 305 g/mol. The number of carboxylic acids is 1. The van der Waals surface area contributed by atoms with Gasteiger partial charge in [0.15, 0.2) is 0 Å². The predicted octanol–water partition coefficient (Wildman–Crippen LogP) is 1.29. The topological polar surface area (TPSA) is 92.7 Å². The molecule has 0 saturated carbocycles. The van der Waals surface area contributed by atoms with Gasteiger partial charge in [-0.15, -0.1) is 11.3 Å². The normalized spacial score (nSPS) is 19.2. The number of hydrogen-bond acceptors (Lipinski definition) is 5. The van der Waals surface area contributed by atoms with Crippen LogP contribution in [0.5, 0.6) is 0 Å². The number of rotatable bonds is 4. The summed E-state index contributed by atoms with van der Waals surface area (Å²) < 4.78 is 32.3. The van der Waals surface area contributed by atoms with E-state index in [2.05, 4.69) is 4.72 Å². The van der Waals surface area contributed by atoms with E-state index >= 15 is 0 Å². The molecule has 8 heteroatoms. The molecule has 6 nitrogen and oxygen atoms in total. The van der Waals surface area contributed by atoms with Crippen LogP contribution in [0.1, 0.15) is 29.4 Å². The Bertz CT molecular complexity index is 572.